The molecule has 0 fully saturated rings. The number of amides is 1. The number of hydrogen-bond donors (Lipinski definition) is 1. The van der Waals surface area contributed by atoms with Crippen LogP contribution in [-0.4, -0.2) is 44.2 Å². The van der Waals surface area contributed by atoms with E-state index in [0.717, 1.165) is 46.3 Å². The van der Waals surface area contributed by atoms with Crippen LogP contribution in [0.5, 0.6) is 5.75 Å². The van der Waals surface area contributed by atoms with Crippen LogP contribution >= 0.6 is 11.3 Å². The number of nitrogens with one attached hydrogen (secondary N) is 1. The molecule has 3 rings (SSSR count). The van der Waals surface area contributed by atoms with Crippen LogP contribution in [0.2, 0.25) is 0 Å². The summed E-state index contributed by atoms with van der Waals surface area (Å²) in [6.45, 7) is 9.95. The summed E-state index contributed by atoms with van der Waals surface area (Å²) in [5.74, 6) is 0.727. The maximum Gasteiger partial charge on any atom is 0.260 e. The van der Waals surface area contributed by atoms with Gasteiger partial charge in [-0.05, 0) is 45.0 Å². The number of methoxy groups -OCH3 is 1. The standard InChI is InChI=1S/C22H27N3O2S/c1-5-24(6-2)13-14-25(21(26)17-10-7-9-16(3)15-17)22-23-20-18(27-4)11-8-12-19(20)28-22/h7-12,15H,5-6,13-14H2,1-4H3/p+1. The molecule has 0 aliphatic heterocycles. The fourth-order valence-electron chi connectivity index (χ4n) is 3.28. The predicted octanol–water partition coefficient (Wildman–Crippen LogP) is 3.18. The Hall–Kier alpha value is -2.44. The van der Waals surface area contributed by atoms with Crippen molar-refractivity contribution < 1.29 is 14.4 Å². The third kappa shape index (κ3) is 4.34. The number of hydrogen-bond acceptors (Lipinski definition) is 4. The van der Waals surface area contributed by atoms with Gasteiger partial charge in [-0.1, -0.05) is 35.1 Å². The van der Waals surface area contributed by atoms with Crippen molar-refractivity contribution in [1.29, 1.82) is 0 Å². The maximum atomic E-state index is 13.4. The van der Waals surface area contributed by atoms with Crippen molar-refractivity contribution in [2.24, 2.45) is 0 Å². The van der Waals surface area contributed by atoms with E-state index in [4.69, 9.17) is 9.72 Å². The number of quaternary nitrogens is 1. The van der Waals surface area contributed by atoms with Gasteiger partial charge in [-0.3, -0.25) is 9.69 Å². The number of ether oxygens (including phenoxy) is 1. The first kappa shape index (κ1) is 20.3. The summed E-state index contributed by atoms with van der Waals surface area (Å²) < 4.78 is 6.47. The first-order valence-electron chi connectivity index (χ1n) is 9.73. The minimum atomic E-state index is -0.00622. The average molecular weight is 399 g/mol. The number of carbonyl (C=O) groups excluding carboxylic acids is 1. The molecule has 5 nitrogen and oxygen atoms in total. The lowest BCUT2D eigenvalue weighted by molar-refractivity contribution is -0.894. The lowest BCUT2D eigenvalue weighted by atomic mass is 10.1. The summed E-state index contributed by atoms with van der Waals surface area (Å²) in [6, 6.07) is 13.6. The molecule has 0 saturated carbocycles. The Morgan fingerprint density at radius 1 is 1.18 bits per heavy atom. The molecule has 0 aliphatic rings. The van der Waals surface area contributed by atoms with Crippen molar-refractivity contribution in [2.45, 2.75) is 20.8 Å². The molecule has 0 atom stereocenters. The van der Waals surface area contributed by atoms with Crippen molar-refractivity contribution in [3.05, 3.63) is 53.6 Å². The summed E-state index contributed by atoms with van der Waals surface area (Å²) >= 11 is 1.53. The van der Waals surface area contributed by atoms with E-state index in [0.29, 0.717) is 12.1 Å². The van der Waals surface area contributed by atoms with Gasteiger partial charge in [-0.15, -0.1) is 0 Å². The van der Waals surface area contributed by atoms with Crippen LogP contribution in [0.1, 0.15) is 29.8 Å². The molecule has 1 aromatic heterocycles. The molecule has 0 bridgehead atoms. The van der Waals surface area contributed by atoms with Crippen LogP contribution in [-0.2, 0) is 0 Å². The summed E-state index contributed by atoms with van der Waals surface area (Å²) in [7, 11) is 1.65. The second-order valence-corrected chi connectivity index (χ2v) is 7.85. The summed E-state index contributed by atoms with van der Waals surface area (Å²) in [5, 5.41) is 0.720. The van der Waals surface area contributed by atoms with Gasteiger partial charge < -0.3 is 9.64 Å². The summed E-state index contributed by atoms with van der Waals surface area (Å²) in [4.78, 5) is 21.4. The normalized spacial score (nSPS) is 11.2. The molecule has 148 valence electrons. The molecule has 0 saturated heterocycles. The van der Waals surface area contributed by atoms with Crippen molar-refractivity contribution in [2.75, 3.05) is 38.2 Å². The number of anilines is 1. The molecule has 0 unspecified atom stereocenters. The van der Waals surface area contributed by atoms with E-state index in [1.807, 2.05) is 54.3 Å². The fraction of sp³-hybridized carbons (Fsp3) is 0.364. The Morgan fingerprint density at radius 3 is 2.61 bits per heavy atom. The maximum absolute atomic E-state index is 13.4. The van der Waals surface area contributed by atoms with Crippen molar-refractivity contribution in [3.63, 3.8) is 0 Å². The topological polar surface area (TPSA) is 46.9 Å². The first-order valence-corrected chi connectivity index (χ1v) is 10.5. The first-order chi connectivity index (χ1) is 13.6. The molecule has 6 heteroatoms. The quantitative estimate of drug-likeness (QED) is 0.634. The van der Waals surface area contributed by atoms with E-state index >= 15 is 0 Å². The molecule has 0 aliphatic carbocycles. The zero-order chi connectivity index (χ0) is 20.1. The smallest absolute Gasteiger partial charge is 0.260 e. The Bertz CT molecular complexity index is 950. The largest absolute Gasteiger partial charge is 0.494 e. The summed E-state index contributed by atoms with van der Waals surface area (Å²) in [5.41, 5.74) is 2.58. The van der Waals surface area contributed by atoms with Gasteiger partial charge in [-0.25, -0.2) is 4.98 Å². The van der Waals surface area contributed by atoms with Gasteiger partial charge in [0.25, 0.3) is 5.91 Å². The van der Waals surface area contributed by atoms with Crippen LogP contribution in [0, 0.1) is 6.92 Å². The Morgan fingerprint density at radius 2 is 1.93 bits per heavy atom. The average Bonchev–Trinajstić information content (AvgIpc) is 3.14. The van der Waals surface area contributed by atoms with Crippen molar-refractivity contribution in [1.82, 2.24) is 4.98 Å². The van der Waals surface area contributed by atoms with Gasteiger partial charge in [-0.2, -0.15) is 0 Å². The van der Waals surface area contributed by atoms with Crippen molar-refractivity contribution in [3.8, 4) is 5.75 Å². The van der Waals surface area contributed by atoms with Crippen LogP contribution in [0.15, 0.2) is 42.5 Å². The second kappa shape index (κ2) is 9.17. The van der Waals surface area contributed by atoms with Crippen LogP contribution in [0.4, 0.5) is 5.13 Å². The predicted molar refractivity (Wildman–Crippen MR) is 116 cm³/mol. The van der Waals surface area contributed by atoms with Gasteiger partial charge in [0.2, 0.25) is 0 Å². The molecule has 3 aromatic rings. The lowest BCUT2D eigenvalue weighted by Crippen LogP contribution is -3.12. The fourth-order valence-corrected chi connectivity index (χ4v) is 4.29. The second-order valence-electron chi connectivity index (χ2n) is 6.84. The minimum absolute atomic E-state index is 0.00622. The number of para-hydroxylation sites is 1. The molecule has 0 radical (unpaired) electrons. The van der Waals surface area contributed by atoms with E-state index in [1.165, 1.54) is 16.2 Å². The number of nitrogens with zero attached hydrogens (tertiary/aromatic N) is 2. The monoisotopic (exact) mass is 398 g/mol. The number of fused-ring (bicyclic) bond motifs is 1. The third-order valence-corrected chi connectivity index (χ3v) is 6.06. The molecule has 0 spiro atoms. The third-order valence-electron chi connectivity index (χ3n) is 5.02. The van der Waals surface area contributed by atoms with Gasteiger partial charge in [0, 0.05) is 5.56 Å². The Kier molecular flexibility index (Phi) is 6.65. The molecule has 1 N–H and O–H groups in total. The molecule has 28 heavy (non-hydrogen) atoms. The van der Waals surface area contributed by atoms with E-state index in [1.54, 1.807) is 7.11 Å². The number of carbonyl (C=O) groups is 1. The number of likely N-dealkylation sites (N-methyl/N-ethyl adjacent to an activating group) is 1. The van der Waals surface area contributed by atoms with Crippen LogP contribution in [0.3, 0.4) is 0 Å². The number of benzene rings is 2. The van der Waals surface area contributed by atoms with E-state index < -0.39 is 0 Å². The summed E-state index contributed by atoms with van der Waals surface area (Å²) in [6.07, 6.45) is 0. The Labute approximate surface area is 170 Å². The number of aromatic nitrogens is 1. The highest BCUT2D eigenvalue weighted by atomic mass is 32.1. The minimum Gasteiger partial charge on any atom is -0.494 e. The van der Waals surface area contributed by atoms with Crippen molar-refractivity contribution >= 4 is 32.6 Å². The van der Waals surface area contributed by atoms with Gasteiger partial charge in [0.15, 0.2) is 5.13 Å². The number of rotatable bonds is 8. The van der Waals surface area contributed by atoms with Gasteiger partial charge in [0.05, 0.1) is 38.0 Å². The van der Waals surface area contributed by atoms with E-state index in [9.17, 15) is 4.79 Å². The molecular formula is C22H28N3O2S+. The number of thiazole rings is 1. The number of aryl methyl sites for hydroxylation is 1. The van der Waals surface area contributed by atoms with Gasteiger partial charge >= 0.3 is 0 Å². The highest BCUT2D eigenvalue weighted by Gasteiger charge is 2.23. The Balaban J connectivity index is 1.99. The zero-order valence-corrected chi connectivity index (χ0v) is 17.8. The van der Waals surface area contributed by atoms with Gasteiger partial charge in [0.1, 0.15) is 11.3 Å². The van der Waals surface area contributed by atoms with E-state index in [2.05, 4.69) is 13.8 Å². The molecule has 1 amide bonds. The molecule has 2 aromatic carbocycles. The highest BCUT2D eigenvalue weighted by molar-refractivity contribution is 7.22. The molecular weight excluding hydrogens is 370 g/mol. The molecule has 1 heterocycles. The van der Waals surface area contributed by atoms with Crippen LogP contribution in [0.25, 0.3) is 10.2 Å². The zero-order valence-electron chi connectivity index (χ0n) is 17.0. The highest BCUT2D eigenvalue weighted by Crippen LogP contribution is 2.34. The lowest BCUT2D eigenvalue weighted by Gasteiger charge is -2.23. The SMILES string of the molecule is CC[NH+](CC)CCN(C(=O)c1cccc(C)c1)c1nc2c(OC)cccc2s1. The van der Waals surface area contributed by atoms with E-state index in [-0.39, 0.29) is 5.91 Å². The van der Waals surface area contributed by atoms with Crippen LogP contribution < -0.4 is 14.5 Å².